The largest absolute Gasteiger partial charge is 0.372 e. The average Bonchev–Trinajstić information content (AvgIpc) is 2.61. The van der Waals surface area contributed by atoms with Crippen LogP contribution in [-0.2, 0) is 4.74 Å². The van der Waals surface area contributed by atoms with Crippen LogP contribution in [0.1, 0.15) is 51.4 Å². The summed E-state index contributed by atoms with van der Waals surface area (Å²) >= 11 is 3.82. The molecule has 2 aliphatic heterocycles. The van der Waals surface area contributed by atoms with Crippen LogP contribution in [0.3, 0.4) is 0 Å². The Morgan fingerprint density at radius 2 is 1.61 bits per heavy atom. The van der Waals surface area contributed by atoms with Crippen molar-refractivity contribution in [3.05, 3.63) is 0 Å². The van der Waals surface area contributed by atoms with Gasteiger partial charge >= 0.3 is 0 Å². The van der Waals surface area contributed by atoms with Crippen LogP contribution in [0.5, 0.6) is 0 Å². The minimum Gasteiger partial charge on any atom is -0.372 e. The van der Waals surface area contributed by atoms with Crippen molar-refractivity contribution in [3.8, 4) is 0 Å². The molecule has 0 N–H and O–H groups in total. The van der Waals surface area contributed by atoms with E-state index in [2.05, 4.69) is 20.8 Å². The van der Waals surface area contributed by atoms with E-state index in [-0.39, 0.29) is 0 Å². The molecule has 0 aromatic rings. The van der Waals surface area contributed by atoms with Gasteiger partial charge in [0.1, 0.15) is 0 Å². The van der Waals surface area contributed by atoms with E-state index in [0.29, 0.717) is 17.6 Å². The fourth-order valence-electron chi connectivity index (χ4n) is 4.12. The predicted molar refractivity (Wildman–Crippen MR) is 78.3 cm³/mol. The number of ether oxygens (including phenoxy) is 1. The van der Waals surface area contributed by atoms with Crippen LogP contribution in [-0.4, -0.2) is 42.1 Å². The zero-order valence-corrected chi connectivity index (χ0v) is 13.0. The van der Waals surface area contributed by atoms with Crippen molar-refractivity contribution >= 4 is 15.9 Å². The molecule has 3 rings (SSSR count). The number of hydrogen-bond donors (Lipinski definition) is 0. The predicted octanol–water partition coefficient (Wildman–Crippen LogP) is 3.59. The molecule has 18 heavy (non-hydrogen) atoms. The third kappa shape index (κ3) is 2.94. The number of fused-ring (bicyclic) bond motifs is 2. The molecule has 2 atom stereocenters. The number of hydrogen-bond acceptors (Lipinski definition) is 2. The Balaban J connectivity index is 1.62. The lowest BCUT2D eigenvalue weighted by Gasteiger charge is -2.40. The number of rotatable bonds is 3. The van der Waals surface area contributed by atoms with Crippen LogP contribution in [0.15, 0.2) is 0 Å². The number of halogens is 1. The fourth-order valence-corrected chi connectivity index (χ4v) is 4.85. The Bertz CT molecular complexity index is 264. The van der Waals surface area contributed by atoms with Crippen molar-refractivity contribution in [1.82, 2.24) is 4.90 Å². The Hall–Kier alpha value is 0.400. The molecule has 2 saturated heterocycles. The van der Waals surface area contributed by atoms with Gasteiger partial charge in [-0.25, -0.2) is 0 Å². The van der Waals surface area contributed by atoms with Gasteiger partial charge in [0.25, 0.3) is 0 Å². The Morgan fingerprint density at radius 3 is 2.17 bits per heavy atom. The van der Waals surface area contributed by atoms with Crippen LogP contribution in [0.2, 0.25) is 0 Å². The smallest absolute Gasteiger partial charge is 0.0707 e. The molecule has 3 fully saturated rings. The van der Waals surface area contributed by atoms with Gasteiger partial charge in [0.2, 0.25) is 0 Å². The first-order valence-electron chi connectivity index (χ1n) is 7.73. The molecule has 0 aromatic carbocycles. The minimum atomic E-state index is 0.543. The molecule has 2 bridgehead atoms. The lowest BCUT2D eigenvalue weighted by Crippen LogP contribution is -2.48. The number of alkyl halides is 1. The van der Waals surface area contributed by atoms with Crippen molar-refractivity contribution in [2.75, 3.05) is 25.0 Å². The quantitative estimate of drug-likeness (QED) is 0.583. The van der Waals surface area contributed by atoms with Gasteiger partial charge in [0.15, 0.2) is 0 Å². The molecule has 3 heteroatoms. The molecule has 0 aromatic heterocycles. The molecular formula is C15H26BrNO. The molecule has 1 saturated carbocycles. The van der Waals surface area contributed by atoms with E-state index in [0.717, 1.165) is 0 Å². The van der Waals surface area contributed by atoms with Gasteiger partial charge in [-0.15, -0.1) is 0 Å². The second-order valence-electron chi connectivity index (χ2n) is 6.70. The zero-order valence-electron chi connectivity index (χ0n) is 11.4. The van der Waals surface area contributed by atoms with Crippen LogP contribution >= 0.6 is 15.9 Å². The molecule has 0 radical (unpaired) electrons. The maximum atomic E-state index is 5.95. The first kappa shape index (κ1) is 13.4. The van der Waals surface area contributed by atoms with E-state index >= 15 is 0 Å². The summed E-state index contributed by atoms with van der Waals surface area (Å²) in [5, 5.41) is 1.19. The molecule has 104 valence electrons. The van der Waals surface area contributed by atoms with Crippen LogP contribution in [0, 0.1) is 5.41 Å². The third-order valence-electron chi connectivity index (χ3n) is 5.13. The topological polar surface area (TPSA) is 12.5 Å². The summed E-state index contributed by atoms with van der Waals surface area (Å²) in [4.78, 5) is 2.71. The van der Waals surface area contributed by atoms with Gasteiger partial charge in [0, 0.05) is 25.0 Å². The third-order valence-corrected chi connectivity index (χ3v) is 6.32. The molecule has 1 aliphatic carbocycles. The lowest BCUT2D eigenvalue weighted by molar-refractivity contribution is -0.0498. The minimum absolute atomic E-state index is 0.543. The summed E-state index contributed by atoms with van der Waals surface area (Å²) in [7, 11) is 0. The van der Waals surface area contributed by atoms with E-state index in [1.54, 1.807) is 0 Å². The van der Waals surface area contributed by atoms with Gasteiger partial charge in [-0.1, -0.05) is 41.6 Å². The molecule has 0 spiro atoms. The molecule has 2 heterocycles. The van der Waals surface area contributed by atoms with Crippen molar-refractivity contribution < 1.29 is 4.74 Å². The van der Waals surface area contributed by atoms with E-state index < -0.39 is 0 Å². The highest BCUT2D eigenvalue weighted by molar-refractivity contribution is 9.09. The number of morpholine rings is 1. The molecular weight excluding hydrogens is 290 g/mol. The monoisotopic (exact) mass is 315 g/mol. The molecule has 3 aliphatic rings. The van der Waals surface area contributed by atoms with Crippen molar-refractivity contribution in [3.63, 3.8) is 0 Å². The maximum Gasteiger partial charge on any atom is 0.0707 e. The highest BCUT2D eigenvalue weighted by Crippen LogP contribution is 2.39. The standard InChI is InChI=1S/C15H26BrNO/c16-11-15(7-3-1-2-4-8-15)12-17-9-13-5-6-14(10-17)18-13/h13-14H,1-12H2. The second kappa shape index (κ2) is 5.80. The Kier molecular flexibility index (Phi) is 4.32. The SMILES string of the molecule is BrCC1(CN2CC3CCC(C2)O3)CCCCCC1. The van der Waals surface area contributed by atoms with Crippen LogP contribution < -0.4 is 0 Å². The normalized spacial score (nSPS) is 36.5. The van der Waals surface area contributed by atoms with Crippen molar-refractivity contribution in [1.29, 1.82) is 0 Å². The van der Waals surface area contributed by atoms with Gasteiger partial charge < -0.3 is 4.74 Å². The Labute approximate surface area is 120 Å². The highest BCUT2D eigenvalue weighted by atomic mass is 79.9. The molecule has 0 amide bonds. The van der Waals surface area contributed by atoms with Crippen molar-refractivity contribution in [2.24, 2.45) is 5.41 Å². The summed E-state index contributed by atoms with van der Waals surface area (Å²) in [6.45, 7) is 3.67. The second-order valence-corrected chi connectivity index (χ2v) is 7.26. The fraction of sp³-hybridized carbons (Fsp3) is 1.00. The van der Waals surface area contributed by atoms with E-state index in [1.165, 1.54) is 76.3 Å². The summed E-state index contributed by atoms with van der Waals surface area (Å²) in [6.07, 6.45) is 12.3. The van der Waals surface area contributed by atoms with Crippen LogP contribution in [0.4, 0.5) is 0 Å². The van der Waals surface area contributed by atoms with Gasteiger partial charge in [-0.3, -0.25) is 4.90 Å². The number of nitrogens with zero attached hydrogens (tertiary/aromatic N) is 1. The van der Waals surface area contributed by atoms with Gasteiger partial charge in [-0.2, -0.15) is 0 Å². The highest BCUT2D eigenvalue weighted by Gasteiger charge is 2.38. The Morgan fingerprint density at radius 1 is 1.00 bits per heavy atom. The van der Waals surface area contributed by atoms with Gasteiger partial charge in [-0.05, 0) is 31.1 Å². The van der Waals surface area contributed by atoms with Gasteiger partial charge in [0.05, 0.1) is 12.2 Å². The van der Waals surface area contributed by atoms with E-state index in [1.807, 2.05) is 0 Å². The van der Waals surface area contributed by atoms with E-state index in [4.69, 9.17) is 4.74 Å². The summed E-state index contributed by atoms with van der Waals surface area (Å²) in [6, 6.07) is 0. The zero-order chi connectivity index (χ0) is 12.4. The van der Waals surface area contributed by atoms with Crippen LogP contribution in [0.25, 0.3) is 0 Å². The first-order chi connectivity index (χ1) is 8.80. The number of likely N-dealkylation sites (tertiary alicyclic amines) is 1. The molecule has 2 nitrogen and oxygen atoms in total. The first-order valence-corrected chi connectivity index (χ1v) is 8.86. The average molecular weight is 316 g/mol. The molecule has 2 unspecified atom stereocenters. The summed E-state index contributed by atoms with van der Waals surface area (Å²) < 4.78 is 5.95. The lowest BCUT2D eigenvalue weighted by atomic mass is 9.82. The van der Waals surface area contributed by atoms with Crippen molar-refractivity contribution in [2.45, 2.75) is 63.6 Å². The van der Waals surface area contributed by atoms with E-state index in [9.17, 15) is 0 Å². The summed E-state index contributed by atoms with van der Waals surface area (Å²) in [5.41, 5.74) is 0.549. The summed E-state index contributed by atoms with van der Waals surface area (Å²) in [5.74, 6) is 0. The maximum absolute atomic E-state index is 5.95.